The molecule has 0 aromatic carbocycles. The molecule has 0 fully saturated rings. The van der Waals surface area contributed by atoms with Crippen LogP contribution in [0.15, 0.2) is 0 Å². The highest BCUT2D eigenvalue weighted by molar-refractivity contribution is 4.68. The molecule has 0 rings (SSSR count). The zero-order valence-corrected chi connectivity index (χ0v) is 13.5. The second-order valence-electron chi connectivity index (χ2n) is 5.66. The smallest absolute Gasteiger partial charge is 0.0701 e. The monoisotopic (exact) mass is 291 g/mol. The Kier molecular flexibility index (Phi) is 13.6. The highest BCUT2D eigenvalue weighted by Gasteiger charge is 2.14. The molecule has 0 atom stereocenters. The van der Waals surface area contributed by atoms with Crippen molar-refractivity contribution in [3.05, 3.63) is 0 Å². The Hall–Kier alpha value is -0.200. The molecule has 0 aliphatic rings. The molecule has 5 nitrogen and oxygen atoms in total. The van der Waals surface area contributed by atoms with E-state index in [4.69, 9.17) is 24.7 Å². The third-order valence-corrected chi connectivity index (χ3v) is 3.12. The van der Waals surface area contributed by atoms with Crippen molar-refractivity contribution in [3.63, 3.8) is 0 Å². The van der Waals surface area contributed by atoms with E-state index in [-0.39, 0.29) is 5.41 Å². The molecule has 0 aromatic heterocycles. The standard InChI is InChI=1S/C15H33NO4/c1-15(2,14-16)6-4-5-7-18-10-11-20-13-12-19-9-8-17-3/h4-14,16H2,1-3H3. The number of unbranched alkanes of at least 4 members (excludes halogenated alkanes) is 1. The lowest BCUT2D eigenvalue weighted by atomic mass is 9.87. The molecule has 0 amide bonds. The van der Waals surface area contributed by atoms with E-state index in [1.54, 1.807) is 7.11 Å². The fourth-order valence-corrected chi connectivity index (χ4v) is 1.59. The van der Waals surface area contributed by atoms with E-state index in [0.717, 1.165) is 26.0 Å². The number of methoxy groups -OCH3 is 1. The molecular weight excluding hydrogens is 258 g/mol. The van der Waals surface area contributed by atoms with Gasteiger partial charge in [-0.15, -0.1) is 0 Å². The zero-order valence-electron chi connectivity index (χ0n) is 13.5. The molecule has 0 saturated heterocycles. The van der Waals surface area contributed by atoms with Crippen molar-refractivity contribution in [1.82, 2.24) is 0 Å². The summed E-state index contributed by atoms with van der Waals surface area (Å²) in [5, 5.41) is 0. The summed E-state index contributed by atoms with van der Waals surface area (Å²) >= 11 is 0. The van der Waals surface area contributed by atoms with E-state index >= 15 is 0 Å². The van der Waals surface area contributed by atoms with Gasteiger partial charge < -0.3 is 24.7 Å². The van der Waals surface area contributed by atoms with Crippen LogP contribution in [-0.2, 0) is 18.9 Å². The Labute approximate surface area is 124 Å². The third kappa shape index (κ3) is 14.2. The lowest BCUT2D eigenvalue weighted by molar-refractivity contribution is 0.00308. The van der Waals surface area contributed by atoms with Gasteiger partial charge in [-0.05, 0) is 24.8 Å². The summed E-state index contributed by atoms with van der Waals surface area (Å²) in [7, 11) is 1.66. The number of nitrogens with two attached hydrogens (primary N) is 1. The number of hydrogen-bond acceptors (Lipinski definition) is 5. The minimum absolute atomic E-state index is 0.256. The van der Waals surface area contributed by atoms with Crippen LogP contribution in [0.25, 0.3) is 0 Å². The summed E-state index contributed by atoms with van der Waals surface area (Å²) in [6.45, 7) is 9.70. The van der Waals surface area contributed by atoms with Crippen LogP contribution in [0.1, 0.15) is 33.1 Å². The minimum atomic E-state index is 0.256. The molecule has 5 heteroatoms. The fourth-order valence-electron chi connectivity index (χ4n) is 1.59. The lowest BCUT2D eigenvalue weighted by Crippen LogP contribution is -2.23. The van der Waals surface area contributed by atoms with E-state index < -0.39 is 0 Å². The van der Waals surface area contributed by atoms with Crippen LogP contribution in [0.3, 0.4) is 0 Å². The van der Waals surface area contributed by atoms with E-state index in [1.807, 2.05) is 0 Å². The molecule has 0 heterocycles. The predicted molar refractivity (Wildman–Crippen MR) is 81.0 cm³/mol. The zero-order chi connectivity index (χ0) is 15.1. The maximum absolute atomic E-state index is 5.69. The van der Waals surface area contributed by atoms with Crippen LogP contribution < -0.4 is 5.73 Å². The minimum Gasteiger partial charge on any atom is -0.382 e. The van der Waals surface area contributed by atoms with Crippen LogP contribution in [0.5, 0.6) is 0 Å². The first-order chi connectivity index (χ1) is 9.62. The van der Waals surface area contributed by atoms with Crippen LogP contribution >= 0.6 is 0 Å². The topological polar surface area (TPSA) is 62.9 Å². The highest BCUT2D eigenvalue weighted by Crippen LogP contribution is 2.20. The van der Waals surface area contributed by atoms with Gasteiger partial charge in [0.1, 0.15) is 0 Å². The summed E-state index contributed by atoms with van der Waals surface area (Å²) in [6.07, 6.45) is 3.41. The maximum Gasteiger partial charge on any atom is 0.0701 e. The highest BCUT2D eigenvalue weighted by atomic mass is 16.6. The van der Waals surface area contributed by atoms with Crippen LogP contribution in [0.2, 0.25) is 0 Å². The molecule has 2 N–H and O–H groups in total. The number of ether oxygens (including phenoxy) is 4. The summed E-state index contributed by atoms with van der Waals surface area (Å²) in [6, 6.07) is 0. The van der Waals surface area contributed by atoms with Crippen LogP contribution in [0.4, 0.5) is 0 Å². The normalized spacial score (nSPS) is 12.0. The Bertz CT molecular complexity index is 200. The summed E-state index contributed by atoms with van der Waals surface area (Å²) < 4.78 is 21.0. The number of rotatable bonds is 15. The molecule has 122 valence electrons. The molecule has 0 aliphatic carbocycles. The van der Waals surface area contributed by atoms with Gasteiger partial charge >= 0.3 is 0 Å². The Balaban J connectivity index is 3.06. The quantitative estimate of drug-likeness (QED) is 0.466. The third-order valence-electron chi connectivity index (χ3n) is 3.12. The molecule has 0 aromatic rings. The van der Waals surface area contributed by atoms with Crippen molar-refractivity contribution in [2.45, 2.75) is 33.1 Å². The molecule has 0 spiro atoms. The molecule has 0 bridgehead atoms. The predicted octanol–water partition coefficient (Wildman–Crippen LogP) is 1.84. The maximum atomic E-state index is 5.69. The first-order valence-electron chi connectivity index (χ1n) is 7.54. The van der Waals surface area contributed by atoms with E-state index in [1.165, 1.54) is 6.42 Å². The van der Waals surface area contributed by atoms with Crippen molar-refractivity contribution in [3.8, 4) is 0 Å². The lowest BCUT2D eigenvalue weighted by Gasteiger charge is -2.21. The number of hydrogen-bond donors (Lipinski definition) is 1. The van der Waals surface area contributed by atoms with E-state index in [9.17, 15) is 0 Å². The van der Waals surface area contributed by atoms with Crippen molar-refractivity contribution in [2.75, 3.05) is 59.9 Å². The summed E-state index contributed by atoms with van der Waals surface area (Å²) in [5.41, 5.74) is 5.94. The van der Waals surface area contributed by atoms with Crippen LogP contribution in [0, 0.1) is 5.41 Å². The van der Waals surface area contributed by atoms with Gasteiger partial charge in [0.25, 0.3) is 0 Å². The SMILES string of the molecule is COCCOCCOCCOCCCCC(C)(C)CN. The van der Waals surface area contributed by atoms with Crippen molar-refractivity contribution in [2.24, 2.45) is 11.1 Å². The van der Waals surface area contributed by atoms with Gasteiger partial charge in [0.05, 0.1) is 39.6 Å². The van der Waals surface area contributed by atoms with E-state index in [0.29, 0.717) is 39.6 Å². The molecular formula is C15H33NO4. The van der Waals surface area contributed by atoms with Crippen molar-refractivity contribution < 1.29 is 18.9 Å². The van der Waals surface area contributed by atoms with Gasteiger partial charge in [0.15, 0.2) is 0 Å². The van der Waals surface area contributed by atoms with E-state index in [2.05, 4.69) is 13.8 Å². The second-order valence-corrected chi connectivity index (χ2v) is 5.66. The Morgan fingerprint density at radius 1 is 0.750 bits per heavy atom. The van der Waals surface area contributed by atoms with Gasteiger partial charge in [-0.3, -0.25) is 0 Å². The van der Waals surface area contributed by atoms with Gasteiger partial charge in [-0.25, -0.2) is 0 Å². The Morgan fingerprint density at radius 2 is 1.25 bits per heavy atom. The average Bonchev–Trinajstić information content (AvgIpc) is 2.44. The van der Waals surface area contributed by atoms with Gasteiger partial charge in [0, 0.05) is 13.7 Å². The average molecular weight is 291 g/mol. The van der Waals surface area contributed by atoms with Crippen molar-refractivity contribution >= 4 is 0 Å². The first kappa shape index (κ1) is 19.8. The van der Waals surface area contributed by atoms with Crippen molar-refractivity contribution in [1.29, 1.82) is 0 Å². The second kappa shape index (κ2) is 13.8. The van der Waals surface area contributed by atoms with Crippen LogP contribution in [-0.4, -0.2) is 59.9 Å². The summed E-state index contributed by atoms with van der Waals surface area (Å²) in [5.74, 6) is 0. The van der Waals surface area contributed by atoms with Gasteiger partial charge in [-0.2, -0.15) is 0 Å². The molecule has 0 saturated carbocycles. The molecule has 0 aliphatic heterocycles. The largest absolute Gasteiger partial charge is 0.382 e. The fraction of sp³-hybridized carbons (Fsp3) is 1.00. The van der Waals surface area contributed by atoms with Gasteiger partial charge in [0.2, 0.25) is 0 Å². The Morgan fingerprint density at radius 3 is 1.75 bits per heavy atom. The molecule has 20 heavy (non-hydrogen) atoms. The molecule has 0 radical (unpaired) electrons. The first-order valence-corrected chi connectivity index (χ1v) is 7.54. The molecule has 0 unspecified atom stereocenters. The van der Waals surface area contributed by atoms with Gasteiger partial charge in [-0.1, -0.05) is 20.3 Å². The summed E-state index contributed by atoms with van der Waals surface area (Å²) in [4.78, 5) is 0.